The third kappa shape index (κ3) is 4.51. The predicted molar refractivity (Wildman–Crippen MR) is 99.5 cm³/mol. The number of fused-ring (bicyclic) bond motifs is 1. The van der Waals surface area contributed by atoms with Gasteiger partial charge < -0.3 is 20.3 Å². The number of anilines is 1. The predicted octanol–water partition coefficient (Wildman–Crippen LogP) is 2.52. The van der Waals surface area contributed by atoms with Crippen LogP contribution in [0.15, 0.2) is 24.3 Å². The van der Waals surface area contributed by atoms with Crippen molar-refractivity contribution >= 4 is 22.9 Å². The number of aliphatic hydroxyl groups is 1. The molecule has 1 saturated carbocycles. The summed E-state index contributed by atoms with van der Waals surface area (Å²) < 4.78 is 1.89. The molecule has 136 valence electrons. The van der Waals surface area contributed by atoms with E-state index >= 15 is 0 Å². The standard InChI is InChI=1S/C19H28N4O2/c1-13-7-9-15(10-8-13)21-18(25)12-23-17-6-4-3-5-16(17)22-19(23)20-11-14(2)24/h3-6,13-15,24H,7-12H2,1-2H3,(H,20,22)(H,21,25)/t13?,14-,15?/m1/s1. The van der Waals surface area contributed by atoms with Gasteiger partial charge in [0.2, 0.25) is 11.9 Å². The van der Waals surface area contributed by atoms with Crippen LogP contribution in [0, 0.1) is 5.92 Å². The zero-order valence-corrected chi connectivity index (χ0v) is 15.0. The minimum atomic E-state index is -0.480. The summed E-state index contributed by atoms with van der Waals surface area (Å²) in [5.74, 6) is 1.40. The third-order valence-electron chi connectivity index (χ3n) is 4.89. The minimum Gasteiger partial charge on any atom is -0.392 e. The van der Waals surface area contributed by atoms with Crippen LogP contribution in [-0.4, -0.2) is 39.3 Å². The molecule has 0 bridgehead atoms. The van der Waals surface area contributed by atoms with E-state index in [1.54, 1.807) is 6.92 Å². The summed E-state index contributed by atoms with van der Waals surface area (Å²) in [4.78, 5) is 17.1. The Balaban J connectivity index is 1.72. The zero-order chi connectivity index (χ0) is 17.8. The molecular weight excluding hydrogens is 316 g/mol. The van der Waals surface area contributed by atoms with Crippen molar-refractivity contribution < 1.29 is 9.90 Å². The van der Waals surface area contributed by atoms with Crippen molar-refractivity contribution in [2.75, 3.05) is 11.9 Å². The number of carbonyl (C=O) groups is 1. The molecule has 2 aromatic rings. The fourth-order valence-corrected chi connectivity index (χ4v) is 3.43. The Bertz CT molecular complexity index is 717. The SMILES string of the molecule is CC1CCC(NC(=O)Cn2c(NC[C@@H](C)O)nc3ccccc32)CC1. The molecule has 25 heavy (non-hydrogen) atoms. The van der Waals surface area contributed by atoms with Crippen molar-refractivity contribution in [3.8, 4) is 0 Å². The van der Waals surface area contributed by atoms with Gasteiger partial charge in [-0.2, -0.15) is 0 Å². The van der Waals surface area contributed by atoms with Gasteiger partial charge in [0.15, 0.2) is 0 Å². The van der Waals surface area contributed by atoms with Gasteiger partial charge in [0, 0.05) is 12.6 Å². The van der Waals surface area contributed by atoms with Crippen LogP contribution in [0.5, 0.6) is 0 Å². The molecule has 1 heterocycles. The fourth-order valence-electron chi connectivity index (χ4n) is 3.43. The molecule has 0 radical (unpaired) electrons. The Morgan fingerprint density at radius 2 is 2.04 bits per heavy atom. The van der Waals surface area contributed by atoms with E-state index in [0.717, 1.165) is 29.8 Å². The van der Waals surface area contributed by atoms with Gasteiger partial charge in [-0.3, -0.25) is 4.79 Å². The van der Waals surface area contributed by atoms with Crippen molar-refractivity contribution in [2.45, 2.75) is 58.2 Å². The molecule has 3 rings (SSSR count). The number of aromatic nitrogens is 2. The number of aliphatic hydroxyl groups excluding tert-OH is 1. The first-order valence-electron chi connectivity index (χ1n) is 9.19. The molecule has 6 heteroatoms. The summed E-state index contributed by atoms with van der Waals surface area (Å²) in [7, 11) is 0. The number of nitrogens with one attached hydrogen (secondary N) is 2. The van der Waals surface area contributed by atoms with E-state index < -0.39 is 6.10 Å². The second kappa shape index (κ2) is 7.87. The summed E-state index contributed by atoms with van der Waals surface area (Å²) >= 11 is 0. The normalized spacial score (nSPS) is 21.9. The Hall–Kier alpha value is -2.08. The Morgan fingerprint density at radius 3 is 2.76 bits per heavy atom. The molecule has 0 unspecified atom stereocenters. The maximum absolute atomic E-state index is 12.6. The minimum absolute atomic E-state index is 0.0165. The van der Waals surface area contributed by atoms with Crippen LogP contribution in [0.25, 0.3) is 11.0 Å². The van der Waals surface area contributed by atoms with Crippen LogP contribution < -0.4 is 10.6 Å². The summed E-state index contributed by atoms with van der Waals surface area (Å²) in [5.41, 5.74) is 1.76. The lowest BCUT2D eigenvalue weighted by Gasteiger charge is -2.27. The molecule has 0 saturated heterocycles. The van der Waals surface area contributed by atoms with E-state index in [4.69, 9.17) is 0 Å². The van der Waals surface area contributed by atoms with Gasteiger partial charge in [0.1, 0.15) is 6.54 Å². The zero-order valence-electron chi connectivity index (χ0n) is 15.0. The fraction of sp³-hybridized carbons (Fsp3) is 0.579. The highest BCUT2D eigenvalue weighted by Gasteiger charge is 2.21. The molecule has 1 fully saturated rings. The summed E-state index contributed by atoms with van der Waals surface area (Å²) in [6, 6.07) is 8.05. The second-order valence-electron chi connectivity index (χ2n) is 7.26. The van der Waals surface area contributed by atoms with Crippen LogP contribution >= 0.6 is 0 Å². The van der Waals surface area contributed by atoms with E-state index in [1.807, 2.05) is 28.8 Å². The van der Waals surface area contributed by atoms with Gasteiger partial charge in [-0.25, -0.2) is 4.98 Å². The highest BCUT2D eigenvalue weighted by molar-refractivity contribution is 5.83. The number of para-hydroxylation sites is 2. The van der Waals surface area contributed by atoms with E-state index in [0.29, 0.717) is 12.5 Å². The highest BCUT2D eigenvalue weighted by Crippen LogP contribution is 2.24. The van der Waals surface area contributed by atoms with E-state index in [-0.39, 0.29) is 18.5 Å². The molecule has 3 N–H and O–H groups in total. The Morgan fingerprint density at radius 1 is 1.32 bits per heavy atom. The van der Waals surface area contributed by atoms with Gasteiger partial charge in [-0.1, -0.05) is 19.1 Å². The number of imidazole rings is 1. The molecule has 1 atom stereocenters. The van der Waals surface area contributed by atoms with Crippen LogP contribution in [0.4, 0.5) is 5.95 Å². The van der Waals surface area contributed by atoms with Crippen molar-refractivity contribution in [1.29, 1.82) is 0 Å². The third-order valence-corrected chi connectivity index (χ3v) is 4.89. The quantitative estimate of drug-likeness (QED) is 0.752. The number of nitrogens with zero attached hydrogens (tertiary/aromatic N) is 2. The first kappa shape index (κ1) is 17.7. The van der Waals surface area contributed by atoms with Crippen LogP contribution in [0.2, 0.25) is 0 Å². The molecule has 1 aliphatic carbocycles. The van der Waals surface area contributed by atoms with Gasteiger partial charge in [-0.15, -0.1) is 0 Å². The average molecular weight is 344 g/mol. The number of benzene rings is 1. The summed E-state index contributed by atoms with van der Waals surface area (Å²) in [6.45, 7) is 4.62. The van der Waals surface area contributed by atoms with Crippen molar-refractivity contribution in [3.63, 3.8) is 0 Å². The molecule has 1 amide bonds. The number of hydrogen-bond acceptors (Lipinski definition) is 4. The Kier molecular flexibility index (Phi) is 5.58. The van der Waals surface area contributed by atoms with Crippen LogP contribution in [0.3, 0.4) is 0 Å². The maximum atomic E-state index is 12.6. The number of rotatable bonds is 6. The molecule has 6 nitrogen and oxygen atoms in total. The molecular formula is C19H28N4O2. The smallest absolute Gasteiger partial charge is 0.240 e. The first-order valence-corrected chi connectivity index (χ1v) is 9.19. The molecule has 0 spiro atoms. The number of carbonyl (C=O) groups excluding carboxylic acids is 1. The molecule has 1 aromatic carbocycles. The van der Waals surface area contributed by atoms with Gasteiger partial charge in [0.05, 0.1) is 17.1 Å². The van der Waals surface area contributed by atoms with Crippen LogP contribution in [0.1, 0.15) is 39.5 Å². The maximum Gasteiger partial charge on any atom is 0.240 e. The van der Waals surface area contributed by atoms with E-state index in [1.165, 1.54) is 12.8 Å². The molecule has 0 aliphatic heterocycles. The highest BCUT2D eigenvalue weighted by atomic mass is 16.3. The number of hydrogen-bond donors (Lipinski definition) is 3. The van der Waals surface area contributed by atoms with Crippen molar-refractivity contribution in [3.05, 3.63) is 24.3 Å². The first-order chi connectivity index (χ1) is 12.0. The summed E-state index contributed by atoms with van der Waals surface area (Å²) in [6.07, 6.45) is 4.00. The lowest BCUT2D eigenvalue weighted by molar-refractivity contribution is -0.122. The molecule has 1 aromatic heterocycles. The van der Waals surface area contributed by atoms with Gasteiger partial charge >= 0.3 is 0 Å². The van der Waals surface area contributed by atoms with E-state index in [9.17, 15) is 9.90 Å². The van der Waals surface area contributed by atoms with Crippen molar-refractivity contribution in [2.24, 2.45) is 5.92 Å². The largest absolute Gasteiger partial charge is 0.392 e. The second-order valence-corrected chi connectivity index (χ2v) is 7.26. The topological polar surface area (TPSA) is 79.2 Å². The lowest BCUT2D eigenvalue weighted by atomic mass is 9.87. The lowest BCUT2D eigenvalue weighted by Crippen LogP contribution is -2.39. The average Bonchev–Trinajstić information content (AvgIpc) is 2.93. The number of amides is 1. The summed E-state index contributed by atoms with van der Waals surface area (Å²) in [5, 5.41) is 15.8. The van der Waals surface area contributed by atoms with E-state index in [2.05, 4.69) is 22.5 Å². The van der Waals surface area contributed by atoms with Gasteiger partial charge in [-0.05, 0) is 50.7 Å². The molecule has 1 aliphatic rings. The monoisotopic (exact) mass is 344 g/mol. The van der Waals surface area contributed by atoms with Gasteiger partial charge in [0.25, 0.3) is 0 Å². The Labute approximate surface area is 148 Å². The van der Waals surface area contributed by atoms with Crippen LogP contribution in [-0.2, 0) is 11.3 Å². The van der Waals surface area contributed by atoms with Crippen molar-refractivity contribution in [1.82, 2.24) is 14.9 Å².